The third kappa shape index (κ3) is 3.85. The first kappa shape index (κ1) is 18.7. The van der Waals surface area contributed by atoms with Crippen LogP contribution in [0.1, 0.15) is 38.7 Å². The number of hydrogen-bond acceptors (Lipinski definition) is 6. The molecule has 0 spiro atoms. The molecule has 2 fully saturated rings. The third-order valence-corrected chi connectivity index (χ3v) is 5.07. The van der Waals surface area contributed by atoms with Crippen molar-refractivity contribution in [2.45, 2.75) is 45.3 Å². The number of rotatable bonds is 5. The van der Waals surface area contributed by atoms with Gasteiger partial charge in [-0.15, -0.1) is 0 Å². The number of carbonyl (C=O) groups excluding carboxylic acids is 2. The normalized spacial score (nSPS) is 22.4. The molecule has 2 aliphatic heterocycles. The van der Waals surface area contributed by atoms with Crippen molar-refractivity contribution in [2.24, 2.45) is 5.41 Å². The fourth-order valence-corrected chi connectivity index (χ4v) is 3.67. The molecule has 0 N–H and O–H groups in total. The van der Waals surface area contributed by atoms with Crippen LogP contribution < -0.4 is 4.74 Å². The molecule has 0 atom stereocenters. The van der Waals surface area contributed by atoms with Crippen molar-refractivity contribution >= 4 is 11.9 Å². The van der Waals surface area contributed by atoms with Crippen molar-refractivity contribution in [1.29, 1.82) is 0 Å². The van der Waals surface area contributed by atoms with Gasteiger partial charge in [-0.25, -0.2) is 0 Å². The van der Waals surface area contributed by atoms with E-state index in [1.165, 1.54) is 6.42 Å². The lowest BCUT2D eigenvalue weighted by molar-refractivity contribution is -0.252. The van der Waals surface area contributed by atoms with Gasteiger partial charge in [-0.2, -0.15) is 0 Å². The van der Waals surface area contributed by atoms with Crippen LogP contribution >= 0.6 is 0 Å². The van der Waals surface area contributed by atoms with E-state index in [0.717, 1.165) is 37.2 Å². The van der Waals surface area contributed by atoms with Crippen molar-refractivity contribution in [3.8, 4) is 5.75 Å². The van der Waals surface area contributed by atoms with E-state index >= 15 is 0 Å². The van der Waals surface area contributed by atoms with E-state index < -0.39 is 23.1 Å². The number of likely N-dealkylation sites (tertiary alicyclic amines) is 1. The zero-order valence-corrected chi connectivity index (χ0v) is 15.7. The molecule has 1 aromatic carbocycles. The molecular weight excluding hydrogens is 334 g/mol. The fraction of sp³-hybridized carbons (Fsp3) is 0.600. The fourth-order valence-electron chi connectivity index (χ4n) is 3.67. The molecule has 0 radical (unpaired) electrons. The van der Waals surface area contributed by atoms with Crippen LogP contribution in [0.5, 0.6) is 5.75 Å². The molecule has 2 saturated heterocycles. The maximum atomic E-state index is 13.0. The largest absolute Gasteiger partial charge is 0.497 e. The molecule has 3 rings (SSSR count). The van der Waals surface area contributed by atoms with Crippen LogP contribution in [0.15, 0.2) is 24.3 Å². The van der Waals surface area contributed by atoms with Crippen molar-refractivity contribution < 1.29 is 23.8 Å². The van der Waals surface area contributed by atoms with Gasteiger partial charge in [0.25, 0.3) is 5.79 Å². The van der Waals surface area contributed by atoms with Gasteiger partial charge in [0.2, 0.25) is 0 Å². The topological polar surface area (TPSA) is 65.1 Å². The van der Waals surface area contributed by atoms with Crippen molar-refractivity contribution in [3.63, 3.8) is 0 Å². The average molecular weight is 361 g/mol. The Labute approximate surface area is 154 Å². The number of methoxy groups -OCH3 is 1. The van der Waals surface area contributed by atoms with Gasteiger partial charge in [0, 0.05) is 26.8 Å². The zero-order chi connectivity index (χ0) is 18.8. The first-order valence-electron chi connectivity index (χ1n) is 9.17. The Balaban J connectivity index is 1.89. The van der Waals surface area contributed by atoms with Gasteiger partial charge >= 0.3 is 11.9 Å². The number of hydrogen-bond donors (Lipinski definition) is 0. The highest BCUT2D eigenvalue weighted by Gasteiger charge is 2.56. The second-order valence-electron chi connectivity index (χ2n) is 7.62. The molecule has 142 valence electrons. The number of benzene rings is 1. The Morgan fingerprint density at radius 3 is 2.12 bits per heavy atom. The highest BCUT2D eigenvalue weighted by molar-refractivity contribution is 6.02. The molecule has 26 heavy (non-hydrogen) atoms. The first-order valence-corrected chi connectivity index (χ1v) is 9.17. The van der Waals surface area contributed by atoms with Gasteiger partial charge in [-0.05, 0) is 43.6 Å². The van der Waals surface area contributed by atoms with Crippen LogP contribution in [0.3, 0.4) is 0 Å². The predicted molar refractivity (Wildman–Crippen MR) is 95.7 cm³/mol. The lowest BCUT2D eigenvalue weighted by atomic mass is 9.79. The first-order chi connectivity index (χ1) is 12.3. The Morgan fingerprint density at radius 1 is 1.00 bits per heavy atom. The molecule has 1 aromatic rings. The number of ether oxygens (including phenoxy) is 3. The SMILES string of the molecule is COc1ccc(CC2(CN3CCCCC3)C(=O)OC(C)(C)OC2=O)cc1. The Morgan fingerprint density at radius 2 is 1.58 bits per heavy atom. The monoisotopic (exact) mass is 361 g/mol. The minimum atomic E-state index is -1.33. The van der Waals surface area contributed by atoms with Gasteiger partial charge < -0.3 is 19.1 Å². The highest BCUT2D eigenvalue weighted by atomic mass is 16.7. The Bertz CT molecular complexity index is 641. The molecule has 0 saturated carbocycles. The number of piperidine rings is 1. The van der Waals surface area contributed by atoms with Gasteiger partial charge in [0.15, 0.2) is 5.41 Å². The van der Waals surface area contributed by atoms with Crippen molar-refractivity contribution in [1.82, 2.24) is 4.90 Å². The Kier molecular flexibility index (Phi) is 5.23. The van der Waals surface area contributed by atoms with E-state index in [1.54, 1.807) is 21.0 Å². The molecule has 2 heterocycles. The molecular formula is C20H27NO5. The summed E-state index contributed by atoms with van der Waals surface area (Å²) in [6.45, 7) is 5.26. The van der Waals surface area contributed by atoms with Gasteiger partial charge in [0.05, 0.1) is 7.11 Å². The van der Waals surface area contributed by atoms with E-state index in [0.29, 0.717) is 6.54 Å². The summed E-state index contributed by atoms with van der Waals surface area (Å²) in [5.41, 5.74) is -0.460. The Hall–Kier alpha value is -2.08. The molecule has 0 aromatic heterocycles. The van der Waals surface area contributed by atoms with Gasteiger partial charge in [-0.3, -0.25) is 9.59 Å². The van der Waals surface area contributed by atoms with Crippen molar-refractivity contribution in [3.05, 3.63) is 29.8 Å². The number of esters is 2. The summed E-state index contributed by atoms with van der Waals surface area (Å²) in [5, 5.41) is 0. The summed E-state index contributed by atoms with van der Waals surface area (Å²) in [6, 6.07) is 7.40. The van der Waals surface area contributed by atoms with Crippen LogP contribution in [0.4, 0.5) is 0 Å². The van der Waals surface area contributed by atoms with Crippen LogP contribution in [0, 0.1) is 5.41 Å². The number of carbonyl (C=O) groups is 2. The van der Waals surface area contributed by atoms with E-state index in [1.807, 2.05) is 24.3 Å². The minimum Gasteiger partial charge on any atom is -0.497 e. The second-order valence-corrected chi connectivity index (χ2v) is 7.62. The minimum absolute atomic E-state index is 0.251. The van der Waals surface area contributed by atoms with Crippen LogP contribution in [0.2, 0.25) is 0 Å². The molecule has 2 aliphatic rings. The summed E-state index contributed by atoms with van der Waals surface area (Å²) >= 11 is 0. The molecule has 0 unspecified atom stereocenters. The van der Waals surface area contributed by atoms with Gasteiger partial charge in [-0.1, -0.05) is 18.6 Å². The predicted octanol–water partition coefficient (Wildman–Crippen LogP) is 2.55. The lowest BCUT2D eigenvalue weighted by Gasteiger charge is -2.43. The number of nitrogens with zero attached hydrogens (tertiary/aromatic N) is 1. The van der Waals surface area contributed by atoms with E-state index in [2.05, 4.69) is 4.90 Å². The average Bonchev–Trinajstić information content (AvgIpc) is 2.60. The van der Waals surface area contributed by atoms with E-state index in [9.17, 15) is 9.59 Å². The standard InChI is InChI=1S/C20H27NO5/c1-19(2)25-17(22)20(18(23)26-19,14-21-11-5-4-6-12-21)13-15-7-9-16(24-3)10-8-15/h7-10H,4-6,11-14H2,1-3H3. The summed E-state index contributed by atoms with van der Waals surface area (Å²) in [4.78, 5) is 28.1. The third-order valence-electron chi connectivity index (χ3n) is 5.07. The van der Waals surface area contributed by atoms with E-state index in [4.69, 9.17) is 14.2 Å². The molecule has 0 bridgehead atoms. The second kappa shape index (κ2) is 7.27. The quantitative estimate of drug-likeness (QED) is 0.593. The molecule has 6 heteroatoms. The molecule has 0 aliphatic carbocycles. The molecule has 6 nitrogen and oxygen atoms in total. The smallest absolute Gasteiger partial charge is 0.328 e. The number of cyclic esters (lactones) is 2. The van der Waals surface area contributed by atoms with Crippen LogP contribution in [0.25, 0.3) is 0 Å². The van der Waals surface area contributed by atoms with Crippen LogP contribution in [-0.4, -0.2) is 49.4 Å². The summed E-state index contributed by atoms with van der Waals surface area (Å²) in [7, 11) is 1.60. The lowest BCUT2D eigenvalue weighted by Crippen LogP contribution is -2.59. The summed E-state index contributed by atoms with van der Waals surface area (Å²) in [5.74, 6) is -1.49. The van der Waals surface area contributed by atoms with E-state index in [-0.39, 0.29) is 6.42 Å². The van der Waals surface area contributed by atoms with Gasteiger partial charge in [0.1, 0.15) is 5.75 Å². The molecule has 0 amide bonds. The van der Waals surface area contributed by atoms with Crippen LogP contribution in [-0.2, 0) is 25.5 Å². The summed E-state index contributed by atoms with van der Waals surface area (Å²) < 4.78 is 16.2. The maximum absolute atomic E-state index is 13.0. The van der Waals surface area contributed by atoms with Crippen molar-refractivity contribution in [2.75, 3.05) is 26.7 Å². The highest BCUT2D eigenvalue weighted by Crippen LogP contribution is 2.37. The summed E-state index contributed by atoms with van der Waals surface area (Å²) in [6.07, 6.45) is 3.59. The zero-order valence-electron chi connectivity index (χ0n) is 15.7. The maximum Gasteiger partial charge on any atom is 0.328 e.